The van der Waals surface area contributed by atoms with Crippen LogP contribution in [0.15, 0.2) is 0 Å². The van der Waals surface area contributed by atoms with Crippen LogP contribution in [0.5, 0.6) is 0 Å². The van der Waals surface area contributed by atoms with Crippen molar-refractivity contribution in [3.63, 3.8) is 0 Å². The Kier molecular flexibility index (Phi) is 3.36. The normalized spacial score (nSPS) is 28.0. The average molecular weight is 210 g/mol. The van der Waals surface area contributed by atoms with Gasteiger partial charge in [0.15, 0.2) is 5.78 Å². The molecule has 84 valence electrons. The number of carbonyl (C=O) groups is 2. The summed E-state index contributed by atoms with van der Waals surface area (Å²) in [4.78, 5) is 24.6. The molecule has 15 heavy (non-hydrogen) atoms. The van der Waals surface area contributed by atoms with Crippen LogP contribution in [-0.4, -0.2) is 42.8 Å². The topological polar surface area (TPSA) is 49.4 Å². The Balaban J connectivity index is 1.99. The number of rotatable bonds is 3. The molecule has 4 nitrogen and oxygen atoms in total. The van der Waals surface area contributed by atoms with Gasteiger partial charge in [0, 0.05) is 25.6 Å². The van der Waals surface area contributed by atoms with Gasteiger partial charge in [-0.15, -0.1) is 0 Å². The molecule has 1 N–H and O–H groups in total. The molecular weight excluding hydrogens is 192 g/mol. The summed E-state index contributed by atoms with van der Waals surface area (Å²) in [5.74, 6) is 0.476. The van der Waals surface area contributed by atoms with Gasteiger partial charge in [0.2, 0.25) is 6.41 Å². The number of amides is 1. The predicted octanol–water partition coefficient (Wildman–Crippen LogP) is 0.176. The molecule has 0 radical (unpaired) electrons. The molecule has 1 atom stereocenters. The molecular formula is C11H18N2O2. The number of nitrogens with one attached hydrogen (secondary N) is 1. The van der Waals surface area contributed by atoms with Gasteiger partial charge in [-0.2, -0.15) is 0 Å². The Morgan fingerprint density at radius 1 is 1.33 bits per heavy atom. The number of carbonyl (C=O) groups excluding carboxylic acids is 2. The van der Waals surface area contributed by atoms with Crippen LogP contribution >= 0.6 is 0 Å². The Morgan fingerprint density at radius 3 is 2.73 bits per heavy atom. The summed E-state index contributed by atoms with van der Waals surface area (Å²) < 4.78 is 0. The third-order valence-electron chi connectivity index (χ3n) is 3.51. The molecule has 0 spiro atoms. The van der Waals surface area contributed by atoms with Crippen molar-refractivity contribution in [3.05, 3.63) is 0 Å². The van der Waals surface area contributed by atoms with Crippen molar-refractivity contribution in [1.29, 1.82) is 0 Å². The SMILES string of the molecule is O=CN1CCNCC1C(=O)C1CCCC1. The molecule has 1 saturated heterocycles. The predicted molar refractivity (Wildman–Crippen MR) is 56.4 cm³/mol. The van der Waals surface area contributed by atoms with Crippen LogP contribution in [0.1, 0.15) is 25.7 Å². The van der Waals surface area contributed by atoms with Crippen LogP contribution in [0, 0.1) is 5.92 Å². The molecule has 0 aromatic carbocycles. The molecule has 0 bridgehead atoms. The maximum Gasteiger partial charge on any atom is 0.210 e. The molecule has 1 aliphatic heterocycles. The van der Waals surface area contributed by atoms with E-state index in [1.807, 2.05) is 0 Å². The van der Waals surface area contributed by atoms with E-state index < -0.39 is 0 Å². The van der Waals surface area contributed by atoms with E-state index in [0.717, 1.165) is 38.6 Å². The first kappa shape index (κ1) is 10.6. The van der Waals surface area contributed by atoms with Gasteiger partial charge in [-0.3, -0.25) is 9.59 Å². The lowest BCUT2D eigenvalue weighted by Gasteiger charge is -2.33. The summed E-state index contributed by atoms with van der Waals surface area (Å²) in [6.45, 7) is 2.09. The van der Waals surface area contributed by atoms with Gasteiger partial charge in [-0.1, -0.05) is 12.8 Å². The van der Waals surface area contributed by atoms with Crippen LogP contribution in [-0.2, 0) is 9.59 Å². The summed E-state index contributed by atoms with van der Waals surface area (Å²) in [6.07, 6.45) is 5.18. The minimum absolute atomic E-state index is 0.206. The van der Waals surface area contributed by atoms with E-state index in [4.69, 9.17) is 0 Å². The highest BCUT2D eigenvalue weighted by Crippen LogP contribution is 2.27. The summed E-state index contributed by atoms with van der Waals surface area (Å²) in [5.41, 5.74) is 0. The quantitative estimate of drug-likeness (QED) is 0.676. The fourth-order valence-electron chi connectivity index (χ4n) is 2.59. The van der Waals surface area contributed by atoms with Gasteiger partial charge >= 0.3 is 0 Å². The van der Waals surface area contributed by atoms with Gasteiger partial charge in [0.25, 0.3) is 0 Å². The Bertz CT molecular complexity index is 249. The summed E-state index contributed by atoms with van der Waals surface area (Å²) >= 11 is 0. The molecule has 1 heterocycles. The lowest BCUT2D eigenvalue weighted by atomic mass is 9.95. The van der Waals surface area contributed by atoms with Crippen molar-refractivity contribution in [2.45, 2.75) is 31.7 Å². The van der Waals surface area contributed by atoms with Crippen LogP contribution in [0.3, 0.4) is 0 Å². The molecule has 1 aliphatic carbocycles. The van der Waals surface area contributed by atoms with Crippen molar-refractivity contribution in [2.75, 3.05) is 19.6 Å². The highest BCUT2D eigenvalue weighted by Gasteiger charge is 2.33. The van der Waals surface area contributed by atoms with Gasteiger partial charge < -0.3 is 10.2 Å². The van der Waals surface area contributed by atoms with Gasteiger partial charge in [-0.25, -0.2) is 0 Å². The molecule has 0 aromatic heterocycles. The molecule has 1 saturated carbocycles. The Labute approximate surface area is 90.0 Å². The van der Waals surface area contributed by atoms with Gasteiger partial charge in [0.1, 0.15) is 6.04 Å². The fraction of sp³-hybridized carbons (Fsp3) is 0.818. The average Bonchev–Trinajstić information content (AvgIpc) is 2.81. The van der Waals surface area contributed by atoms with E-state index in [2.05, 4.69) is 5.32 Å². The van der Waals surface area contributed by atoms with Crippen LogP contribution < -0.4 is 5.32 Å². The summed E-state index contributed by atoms with van der Waals surface area (Å²) in [5, 5.41) is 3.18. The zero-order chi connectivity index (χ0) is 10.7. The highest BCUT2D eigenvalue weighted by molar-refractivity contribution is 5.88. The lowest BCUT2D eigenvalue weighted by Crippen LogP contribution is -2.55. The van der Waals surface area contributed by atoms with Crippen LogP contribution in [0.2, 0.25) is 0 Å². The zero-order valence-electron chi connectivity index (χ0n) is 8.95. The summed E-state index contributed by atoms with van der Waals surface area (Å²) in [7, 11) is 0. The van der Waals surface area contributed by atoms with Crippen molar-refractivity contribution in [2.24, 2.45) is 5.92 Å². The van der Waals surface area contributed by atoms with Gasteiger partial charge in [0.05, 0.1) is 0 Å². The van der Waals surface area contributed by atoms with Crippen molar-refractivity contribution < 1.29 is 9.59 Å². The van der Waals surface area contributed by atoms with Crippen LogP contribution in [0.4, 0.5) is 0 Å². The Hall–Kier alpha value is -0.900. The molecule has 2 fully saturated rings. The third-order valence-corrected chi connectivity index (χ3v) is 3.51. The summed E-state index contributed by atoms with van der Waals surface area (Å²) in [6, 6.07) is -0.209. The number of ketones is 1. The van der Waals surface area contributed by atoms with E-state index >= 15 is 0 Å². The smallest absolute Gasteiger partial charge is 0.210 e. The lowest BCUT2D eigenvalue weighted by molar-refractivity contribution is -0.134. The molecule has 1 unspecified atom stereocenters. The minimum atomic E-state index is -0.209. The second-order valence-electron chi connectivity index (χ2n) is 4.45. The number of Topliss-reactive ketones (excluding diaryl/α,β-unsaturated/α-hetero) is 1. The van der Waals surface area contributed by atoms with E-state index in [-0.39, 0.29) is 17.7 Å². The van der Waals surface area contributed by atoms with E-state index in [1.165, 1.54) is 0 Å². The highest BCUT2D eigenvalue weighted by atomic mass is 16.1. The molecule has 4 heteroatoms. The maximum absolute atomic E-state index is 12.1. The molecule has 2 aliphatic rings. The van der Waals surface area contributed by atoms with E-state index in [1.54, 1.807) is 4.90 Å². The minimum Gasteiger partial charge on any atom is -0.333 e. The number of nitrogens with zero attached hydrogens (tertiary/aromatic N) is 1. The zero-order valence-corrected chi connectivity index (χ0v) is 8.95. The first-order valence-electron chi connectivity index (χ1n) is 5.78. The van der Waals surface area contributed by atoms with Gasteiger partial charge in [-0.05, 0) is 12.8 Å². The second kappa shape index (κ2) is 4.75. The fourth-order valence-corrected chi connectivity index (χ4v) is 2.59. The number of hydrogen-bond acceptors (Lipinski definition) is 3. The van der Waals surface area contributed by atoms with E-state index in [0.29, 0.717) is 13.1 Å². The largest absolute Gasteiger partial charge is 0.333 e. The van der Waals surface area contributed by atoms with Crippen molar-refractivity contribution in [3.8, 4) is 0 Å². The van der Waals surface area contributed by atoms with Crippen molar-refractivity contribution in [1.82, 2.24) is 10.2 Å². The maximum atomic E-state index is 12.1. The number of piperazine rings is 1. The first-order valence-corrected chi connectivity index (χ1v) is 5.78. The molecule has 1 amide bonds. The van der Waals surface area contributed by atoms with E-state index in [9.17, 15) is 9.59 Å². The monoisotopic (exact) mass is 210 g/mol. The Morgan fingerprint density at radius 2 is 2.07 bits per heavy atom. The van der Waals surface area contributed by atoms with Crippen LogP contribution in [0.25, 0.3) is 0 Å². The third kappa shape index (κ3) is 2.20. The standard InChI is InChI=1S/C11H18N2O2/c14-8-13-6-5-12-7-10(13)11(15)9-3-1-2-4-9/h8-10,12H,1-7H2. The first-order chi connectivity index (χ1) is 7.33. The molecule has 2 rings (SSSR count). The number of hydrogen-bond donors (Lipinski definition) is 1. The van der Waals surface area contributed by atoms with Crippen molar-refractivity contribution >= 4 is 12.2 Å². The second-order valence-corrected chi connectivity index (χ2v) is 4.45. The molecule has 0 aromatic rings.